The van der Waals surface area contributed by atoms with Crippen molar-refractivity contribution in [2.24, 2.45) is 11.7 Å². The molecule has 0 bridgehead atoms. The number of benzene rings is 1. The number of nitrogens with one attached hydrogen (secondary N) is 3. The molecule has 0 radical (unpaired) electrons. The maximum absolute atomic E-state index is 13.2. The minimum Gasteiger partial charge on any atom is -0.481 e. The highest BCUT2D eigenvalue weighted by Crippen LogP contribution is 2.11. The first-order valence-corrected chi connectivity index (χ1v) is 11.7. The number of rotatable bonds is 16. The second-order valence-corrected chi connectivity index (χ2v) is 8.66. The number of nitrogens with two attached hydrogens (primary N) is 1. The minimum atomic E-state index is -1.50. The standard InChI is InChI=1S/C24H34N4O9/c1-3-13(2)20(28-21(33)15(25)12-19(31)32)23(35)27-17(11-14-7-5-4-6-8-14)22(34)26-16(24(36)37)9-10-18(29)30/h4-8,13,15-17,20H,3,9-12,25H2,1-2H3,(H,26,34)(H,27,35)(H,28,33)(H,29,30)(H,31,32)(H,36,37). The number of carbonyl (C=O) groups is 6. The zero-order valence-corrected chi connectivity index (χ0v) is 20.7. The molecule has 0 saturated carbocycles. The summed E-state index contributed by atoms with van der Waals surface area (Å²) in [7, 11) is 0. The van der Waals surface area contributed by atoms with E-state index in [1.165, 1.54) is 0 Å². The molecule has 0 aromatic heterocycles. The fourth-order valence-electron chi connectivity index (χ4n) is 3.36. The first-order chi connectivity index (χ1) is 17.3. The van der Waals surface area contributed by atoms with Crippen LogP contribution in [0.25, 0.3) is 0 Å². The van der Waals surface area contributed by atoms with Crippen molar-refractivity contribution in [1.82, 2.24) is 16.0 Å². The summed E-state index contributed by atoms with van der Waals surface area (Å²) in [6, 6.07) is 3.25. The molecule has 0 saturated heterocycles. The van der Waals surface area contributed by atoms with Crippen LogP contribution in [-0.4, -0.2) is 75.1 Å². The first kappa shape index (κ1) is 31.0. The molecule has 0 aliphatic carbocycles. The second-order valence-electron chi connectivity index (χ2n) is 8.66. The van der Waals surface area contributed by atoms with Crippen molar-refractivity contribution in [2.45, 2.75) is 70.1 Å². The van der Waals surface area contributed by atoms with Gasteiger partial charge < -0.3 is 37.0 Å². The monoisotopic (exact) mass is 522 g/mol. The molecule has 0 aliphatic heterocycles. The van der Waals surface area contributed by atoms with Crippen LogP contribution < -0.4 is 21.7 Å². The lowest BCUT2D eigenvalue weighted by Gasteiger charge is -2.28. The molecule has 3 amide bonds. The molecule has 1 aromatic rings. The van der Waals surface area contributed by atoms with Crippen LogP contribution >= 0.6 is 0 Å². The van der Waals surface area contributed by atoms with Gasteiger partial charge in [0.15, 0.2) is 0 Å². The Morgan fingerprint density at radius 2 is 1.43 bits per heavy atom. The normalized spacial score (nSPS) is 14.8. The van der Waals surface area contributed by atoms with Crippen molar-refractivity contribution in [2.75, 3.05) is 0 Å². The maximum atomic E-state index is 13.2. The molecule has 0 heterocycles. The number of aliphatic carboxylic acids is 3. The Bertz CT molecular complexity index is 970. The Balaban J connectivity index is 3.15. The quantitative estimate of drug-likeness (QED) is 0.147. The number of amides is 3. The summed E-state index contributed by atoms with van der Waals surface area (Å²) >= 11 is 0. The van der Waals surface area contributed by atoms with Crippen molar-refractivity contribution in [3.8, 4) is 0 Å². The van der Waals surface area contributed by atoms with E-state index in [4.69, 9.17) is 15.9 Å². The highest BCUT2D eigenvalue weighted by atomic mass is 16.4. The predicted octanol–water partition coefficient (Wildman–Crippen LogP) is -0.519. The highest BCUT2D eigenvalue weighted by molar-refractivity contribution is 5.95. The van der Waals surface area contributed by atoms with Crippen LogP contribution in [0, 0.1) is 5.92 Å². The van der Waals surface area contributed by atoms with Gasteiger partial charge in [-0.2, -0.15) is 0 Å². The molecule has 8 N–H and O–H groups in total. The van der Waals surface area contributed by atoms with E-state index in [1.54, 1.807) is 44.2 Å². The van der Waals surface area contributed by atoms with Gasteiger partial charge in [0, 0.05) is 12.8 Å². The molecule has 0 fully saturated rings. The van der Waals surface area contributed by atoms with Crippen molar-refractivity contribution >= 4 is 35.6 Å². The Hall–Kier alpha value is -4.00. The van der Waals surface area contributed by atoms with Gasteiger partial charge in [-0.15, -0.1) is 0 Å². The Kier molecular flexibility index (Phi) is 12.7. The van der Waals surface area contributed by atoms with Crippen molar-refractivity contribution in [3.63, 3.8) is 0 Å². The van der Waals surface area contributed by atoms with Gasteiger partial charge in [-0.25, -0.2) is 4.79 Å². The fourth-order valence-corrected chi connectivity index (χ4v) is 3.36. The molecule has 204 valence electrons. The molecular formula is C24H34N4O9. The molecule has 13 nitrogen and oxygen atoms in total. The average Bonchev–Trinajstić information content (AvgIpc) is 2.83. The summed E-state index contributed by atoms with van der Waals surface area (Å²) in [5.74, 6) is -6.84. The number of carbonyl (C=O) groups excluding carboxylic acids is 3. The van der Waals surface area contributed by atoms with Gasteiger partial charge >= 0.3 is 17.9 Å². The van der Waals surface area contributed by atoms with Crippen LogP contribution in [-0.2, 0) is 35.2 Å². The summed E-state index contributed by atoms with van der Waals surface area (Å²) in [4.78, 5) is 71.9. The molecular weight excluding hydrogens is 488 g/mol. The van der Waals surface area contributed by atoms with Crippen LogP contribution in [0.2, 0.25) is 0 Å². The van der Waals surface area contributed by atoms with Gasteiger partial charge in [-0.1, -0.05) is 50.6 Å². The van der Waals surface area contributed by atoms with E-state index in [9.17, 15) is 33.9 Å². The van der Waals surface area contributed by atoms with E-state index in [2.05, 4.69) is 16.0 Å². The van der Waals surface area contributed by atoms with Gasteiger partial charge in [0.05, 0.1) is 12.5 Å². The summed E-state index contributed by atoms with van der Waals surface area (Å²) in [5, 5.41) is 34.4. The molecule has 0 spiro atoms. The third-order valence-corrected chi connectivity index (χ3v) is 5.70. The van der Waals surface area contributed by atoms with Crippen LogP contribution in [0.3, 0.4) is 0 Å². The van der Waals surface area contributed by atoms with Gasteiger partial charge in [-0.05, 0) is 17.9 Å². The average molecular weight is 523 g/mol. The Morgan fingerprint density at radius 3 is 1.95 bits per heavy atom. The van der Waals surface area contributed by atoms with Gasteiger partial charge in [-0.3, -0.25) is 24.0 Å². The number of carboxylic acids is 3. The van der Waals surface area contributed by atoms with E-state index in [1.807, 2.05) is 0 Å². The van der Waals surface area contributed by atoms with Gasteiger partial charge in [0.2, 0.25) is 17.7 Å². The van der Waals surface area contributed by atoms with Crippen molar-refractivity contribution in [3.05, 3.63) is 35.9 Å². The summed E-state index contributed by atoms with van der Waals surface area (Å²) in [6.45, 7) is 3.44. The Morgan fingerprint density at radius 1 is 0.838 bits per heavy atom. The SMILES string of the molecule is CCC(C)C(NC(=O)C(N)CC(=O)O)C(=O)NC(Cc1ccccc1)C(=O)NC(CCC(=O)O)C(=O)O. The topological polar surface area (TPSA) is 225 Å². The summed E-state index contributed by atoms with van der Waals surface area (Å²) in [6.07, 6.45) is -1.09. The lowest BCUT2D eigenvalue weighted by molar-refractivity contribution is -0.143. The lowest BCUT2D eigenvalue weighted by atomic mass is 9.96. The fraction of sp³-hybridized carbons (Fsp3) is 0.500. The minimum absolute atomic E-state index is 0.0244. The highest BCUT2D eigenvalue weighted by Gasteiger charge is 2.33. The number of hydrogen-bond acceptors (Lipinski definition) is 7. The van der Waals surface area contributed by atoms with Gasteiger partial charge in [0.1, 0.15) is 18.1 Å². The Labute approximate surface area is 213 Å². The van der Waals surface area contributed by atoms with Crippen LogP contribution in [0.15, 0.2) is 30.3 Å². The van der Waals surface area contributed by atoms with Crippen molar-refractivity contribution < 1.29 is 44.1 Å². The van der Waals surface area contributed by atoms with Crippen LogP contribution in [0.4, 0.5) is 0 Å². The van der Waals surface area contributed by atoms with E-state index in [-0.39, 0.29) is 12.8 Å². The number of hydrogen-bond donors (Lipinski definition) is 7. The third-order valence-electron chi connectivity index (χ3n) is 5.70. The molecule has 5 unspecified atom stereocenters. The first-order valence-electron chi connectivity index (χ1n) is 11.7. The largest absolute Gasteiger partial charge is 0.481 e. The predicted molar refractivity (Wildman–Crippen MR) is 130 cm³/mol. The maximum Gasteiger partial charge on any atom is 0.326 e. The molecule has 13 heteroatoms. The molecule has 5 atom stereocenters. The van der Waals surface area contributed by atoms with E-state index >= 15 is 0 Å². The zero-order valence-electron chi connectivity index (χ0n) is 20.7. The summed E-state index contributed by atoms with van der Waals surface area (Å²) < 4.78 is 0. The zero-order chi connectivity index (χ0) is 28.1. The van der Waals surface area contributed by atoms with E-state index < -0.39 is 78.6 Å². The molecule has 1 rings (SSSR count). The number of carboxylic acid groups (broad SMARTS) is 3. The molecule has 1 aromatic carbocycles. The summed E-state index contributed by atoms with van der Waals surface area (Å²) in [5.41, 5.74) is 6.25. The van der Waals surface area contributed by atoms with Crippen LogP contribution in [0.5, 0.6) is 0 Å². The lowest BCUT2D eigenvalue weighted by Crippen LogP contribution is -2.59. The molecule has 0 aliphatic rings. The van der Waals surface area contributed by atoms with E-state index in [0.717, 1.165) is 0 Å². The van der Waals surface area contributed by atoms with E-state index in [0.29, 0.717) is 12.0 Å². The van der Waals surface area contributed by atoms with Gasteiger partial charge in [0.25, 0.3) is 0 Å². The smallest absolute Gasteiger partial charge is 0.326 e. The van der Waals surface area contributed by atoms with Crippen LogP contribution in [0.1, 0.15) is 45.1 Å². The van der Waals surface area contributed by atoms with Crippen molar-refractivity contribution in [1.29, 1.82) is 0 Å². The second kappa shape index (κ2) is 15.2. The molecule has 37 heavy (non-hydrogen) atoms. The third kappa shape index (κ3) is 11.1.